The van der Waals surface area contributed by atoms with E-state index in [0.29, 0.717) is 0 Å². The molecule has 0 aliphatic rings. The molecule has 0 aliphatic heterocycles. The van der Waals surface area contributed by atoms with Crippen LogP contribution in [0, 0.1) is 5.41 Å². The van der Waals surface area contributed by atoms with Crippen molar-refractivity contribution in [3.8, 4) is 0 Å². The smallest absolute Gasteiger partial charge is 0.0520 e. The number of allylic oxidation sites excluding steroid dienone is 5. The maximum atomic E-state index is 6.16. The molecule has 92 valence electrons. The van der Waals surface area contributed by atoms with Gasteiger partial charge in [0.25, 0.3) is 0 Å². The van der Waals surface area contributed by atoms with Gasteiger partial charge in [0.15, 0.2) is 0 Å². The molecule has 16 heavy (non-hydrogen) atoms. The van der Waals surface area contributed by atoms with Gasteiger partial charge in [-0.05, 0) is 31.3 Å². The third kappa shape index (κ3) is 5.55. The van der Waals surface area contributed by atoms with Crippen LogP contribution in [0.15, 0.2) is 35.5 Å². The summed E-state index contributed by atoms with van der Waals surface area (Å²) in [7, 11) is 0. The molecule has 0 bridgehead atoms. The summed E-state index contributed by atoms with van der Waals surface area (Å²) >= 11 is 6.16. The lowest BCUT2D eigenvalue weighted by molar-refractivity contribution is 0.515. The molecule has 0 radical (unpaired) electrons. The number of alkyl halides is 1. The van der Waals surface area contributed by atoms with E-state index >= 15 is 0 Å². The van der Waals surface area contributed by atoms with Gasteiger partial charge in [-0.15, -0.1) is 11.6 Å². The van der Waals surface area contributed by atoms with E-state index in [1.165, 1.54) is 11.1 Å². The SMILES string of the molecule is C=C(C)/C=C(\C=C(\CC)C(C)Cl)C(C)(C)C. The van der Waals surface area contributed by atoms with Crippen LogP contribution in [-0.2, 0) is 0 Å². The van der Waals surface area contributed by atoms with Crippen molar-refractivity contribution in [2.45, 2.75) is 53.3 Å². The van der Waals surface area contributed by atoms with Gasteiger partial charge in [0.05, 0.1) is 5.38 Å². The van der Waals surface area contributed by atoms with Gasteiger partial charge in [-0.2, -0.15) is 0 Å². The van der Waals surface area contributed by atoms with Crippen LogP contribution in [0.4, 0.5) is 0 Å². The zero-order chi connectivity index (χ0) is 12.9. The maximum absolute atomic E-state index is 6.16. The second-order valence-corrected chi connectivity index (χ2v) is 6.04. The Morgan fingerprint density at radius 2 is 1.81 bits per heavy atom. The summed E-state index contributed by atoms with van der Waals surface area (Å²) in [4.78, 5) is 0. The Morgan fingerprint density at radius 3 is 2.06 bits per heavy atom. The van der Waals surface area contributed by atoms with Crippen LogP contribution in [0.1, 0.15) is 48.0 Å². The standard InChI is InChI=1S/C15H25Cl/c1-8-13(12(4)16)10-14(9-11(2)3)15(5,6)7/h9-10,12H,2,8H2,1,3-7H3/b13-10-,14-9+. The van der Waals surface area contributed by atoms with Crippen molar-refractivity contribution in [2.75, 3.05) is 0 Å². The Kier molecular flexibility index (Phi) is 6.10. The fourth-order valence-electron chi connectivity index (χ4n) is 1.44. The lowest BCUT2D eigenvalue weighted by atomic mass is 9.83. The Labute approximate surface area is 106 Å². The van der Waals surface area contributed by atoms with Crippen molar-refractivity contribution in [1.82, 2.24) is 0 Å². The molecule has 0 aromatic rings. The lowest BCUT2D eigenvalue weighted by Gasteiger charge is -2.22. The Balaban J connectivity index is 5.31. The lowest BCUT2D eigenvalue weighted by Crippen LogP contribution is -2.10. The molecular formula is C15H25Cl. The zero-order valence-corrected chi connectivity index (χ0v) is 12.3. The van der Waals surface area contributed by atoms with Gasteiger partial charge in [-0.1, -0.05) is 57.6 Å². The number of hydrogen-bond donors (Lipinski definition) is 0. The van der Waals surface area contributed by atoms with Crippen LogP contribution in [-0.4, -0.2) is 5.38 Å². The summed E-state index contributed by atoms with van der Waals surface area (Å²) in [6.45, 7) is 16.8. The zero-order valence-electron chi connectivity index (χ0n) is 11.5. The highest BCUT2D eigenvalue weighted by Crippen LogP contribution is 2.30. The summed E-state index contributed by atoms with van der Waals surface area (Å²) in [6.07, 6.45) is 5.37. The first-order valence-electron chi connectivity index (χ1n) is 5.90. The molecule has 0 fully saturated rings. The molecule has 0 N–H and O–H groups in total. The van der Waals surface area contributed by atoms with E-state index in [0.717, 1.165) is 12.0 Å². The maximum Gasteiger partial charge on any atom is 0.0520 e. The molecule has 0 rings (SSSR count). The normalized spacial score (nSPS) is 16.2. The molecule has 0 aliphatic carbocycles. The minimum atomic E-state index is 0.0980. The molecular weight excluding hydrogens is 216 g/mol. The predicted molar refractivity (Wildman–Crippen MR) is 76.0 cm³/mol. The molecule has 0 heterocycles. The van der Waals surface area contributed by atoms with E-state index in [2.05, 4.69) is 46.4 Å². The second-order valence-electron chi connectivity index (χ2n) is 5.38. The molecule has 0 amide bonds. The molecule has 0 nitrogen and oxygen atoms in total. The first kappa shape index (κ1) is 15.5. The summed E-state index contributed by atoms with van der Waals surface area (Å²) in [5.74, 6) is 0. The highest BCUT2D eigenvalue weighted by atomic mass is 35.5. The van der Waals surface area contributed by atoms with Crippen molar-refractivity contribution in [2.24, 2.45) is 5.41 Å². The molecule has 0 aromatic carbocycles. The third-order valence-corrected chi connectivity index (χ3v) is 2.81. The van der Waals surface area contributed by atoms with Crippen molar-refractivity contribution < 1.29 is 0 Å². The Bertz CT molecular complexity index is 298. The largest absolute Gasteiger partial charge is 0.118 e. The van der Waals surface area contributed by atoms with E-state index in [9.17, 15) is 0 Å². The average Bonchev–Trinajstić information content (AvgIpc) is 2.08. The molecule has 0 saturated heterocycles. The minimum Gasteiger partial charge on any atom is -0.118 e. The number of rotatable bonds is 4. The fourth-order valence-corrected chi connectivity index (χ4v) is 1.66. The van der Waals surface area contributed by atoms with Gasteiger partial charge in [0.1, 0.15) is 0 Å². The topological polar surface area (TPSA) is 0 Å². The first-order valence-corrected chi connectivity index (χ1v) is 6.34. The van der Waals surface area contributed by atoms with Crippen LogP contribution in [0.3, 0.4) is 0 Å². The first-order chi connectivity index (χ1) is 7.18. The van der Waals surface area contributed by atoms with E-state index < -0.39 is 0 Å². The highest BCUT2D eigenvalue weighted by molar-refractivity contribution is 6.22. The van der Waals surface area contributed by atoms with Crippen LogP contribution in [0.5, 0.6) is 0 Å². The van der Waals surface area contributed by atoms with Gasteiger partial charge < -0.3 is 0 Å². The van der Waals surface area contributed by atoms with Crippen molar-refractivity contribution in [1.29, 1.82) is 0 Å². The van der Waals surface area contributed by atoms with Gasteiger partial charge in [0, 0.05) is 0 Å². The number of hydrogen-bond acceptors (Lipinski definition) is 0. The summed E-state index contributed by atoms with van der Waals surface area (Å²) in [5, 5.41) is 0.0980. The van der Waals surface area contributed by atoms with Crippen LogP contribution in [0.2, 0.25) is 0 Å². The molecule has 0 aromatic heterocycles. The van der Waals surface area contributed by atoms with E-state index in [-0.39, 0.29) is 10.8 Å². The van der Waals surface area contributed by atoms with Crippen LogP contribution >= 0.6 is 11.6 Å². The molecule has 1 atom stereocenters. The average molecular weight is 241 g/mol. The van der Waals surface area contributed by atoms with Gasteiger partial charge >= 0.3 is 0 Å². The molecule has 1 heteroatoms. The second kappa shape index (κ2) is 6.30. The van der Waals surface area contributed by atoms with E-state index in [1.807, 2.05) is 13.8 Å². The molecule has 1 unspecified atom stereocenters. The van der Waals surface area contributed by atoms with Crippen molar-refractivity contribution >= 4 is 11.6 Å². The fraction of sp³-hybridized carbons (Fsp3) is 0.600. The summed E-state index contributed by atoms with van der Waals surface area (Å²) in [6, 6.07) is 0. The van der Waals surface area contributed by atoms with Gasteiger partial charge in [-0.3, -0.25) is 0 Å². The molecule has 0 saturated carbocycles. The van der Waals surface area contributed by atoms with E-state index in [1.54, 1.807) is 0 Å². The molecule has 0 spiro atoms. The van der Waals surface area contributed by atoms with Crippen LogP contribution in [0.25, 0.3) is 0 Å². The third-order valence-electron chi connectivity index (χ3n) is 2.53. The van der Waals surface area contributed by atoms with Crippen molar-refractivity contribution in [3.63, 3.8) is 0 Å². The predicted octanol–water partition coefficient (Wildman–Crippen LogP) is 5.50. The monoisotopic (exact) mass is 240 g/mol. The summed E-state index contributed by atoms with van der Waals surface area (Å²) < 4.78 is 0. The minimum absolute atomic E-state index is 0.0980. The van der Waals surface area contributed by atoms with Crippen LogP contribution < -0.4 is 0 Å². The number of halogens is 1. The Hall–Kier alpha value is -0.490. The van der Waals surface area contributed by atoms with Crippen molar-refractivity contribution in [3.05, 3.63) is 35.5 Å². The summed E-state index contributed by atoms with van der Waals surface area (Å²) in [5.41, 5.74) is 3.79. The van der Waals surface area contributed by atoms with E-state index in [4.69, 9.17) is 11.6 Å². The Morgan fingerprint density at radius 1 is 1.31 bits per heavy atom. The van der Waals surface area contributed by atoms with Gasteiger partial charge in [0.2, 0.25) is 0 Å². The highest BCUT2D eigenvalue weighted by Gasteiger charge is 2.16. The van der Waals surface area contributed by atoms with Gasteiger partial charge in [-0.25, -0.2) is 0 Å². The quantitative estimate of drug-likeness (QED) is 0.450.